The molecule has 2 N–H and O–H groups in total. The van der Waals surface area contributed by atoms with Gasteiger partial charge in [-0.25, -0.2) is 4.98 Å². The fraction of sp³-hybridized carbons (Fsp3) is 0.231. The second-order valence-electron chi connectivity index (χ2n) is 4.54. The van der Waals surface area contributed by atoms with E-state index in [0.29, 0.717) is 11.2 Å². The van der Waals surface area contributed by atoms with Gasteiger partial charge in [-0.05, 0) is 31.5 Å². The molecule has 0 unspecified atom stereocenters. The lowest BCUT2D eigenvalue weighted by Gasteiger charge is -2.03. The molecule has 0 aliphatic rings. The van der Waals surface area contributed by atoms with Gasteiger partial charge < -0.3 is 5.73 Å². The van der Waals surface area contributed by atoms with Crippen LogP contribution < -0.4 is 5.73 Å². The molecule has 0 aliphatic carbocycles. The Kier molecular flexibility index (Phi) is 2.56. The molecule has 92 valence electrons. The Morgan fingerprint density at radius 2 is 2.11 bits per heavy atom. The second kappa shape index (κ2) is 4.10. The van der Waals surface area contributed by atoms with Crippen LogP contribution in [0.15, 0.2) is 30.6 Å². The lowest BCUT2D eigenvalue weighted by atomic mass is 10.1. The molecule has 0 amide bonds. The number of thiazole rings is 1. The Hall–Kier alpha value is -1.88. The zero-order chi connectivity index (χ0) is 12.7. The average molecular weight is 258 g/mol. The van der Waals surface area contributed by atoms with Gasteiger partial charge in [-0.3, -0.25) is 4.68 Å². The highest BCUT2D eigenvalue weighted by Crippen LogP contribution is 2.29. The van der Waals surface area contributed by atoms with Crippen LogP contribution in [0.25, 0.3) is 21.3 Å². The monoisotopic (exact) mass is 258 g/mol. The molecule has 0 fully saturated rings. The Labute approximate surface area is 109 Å². The van der Waals surface area contributed by atoms with E-state index >= 15 is 0 Å². The highest BCUT2D eigenvalue weighted by molar-refractivity contribution is 7.22. The summed E-state index contributed by atoms with van der Waals surface area (Å²) in [6.07, 6.45) is 3.96. The number of nitrogens with zero attached hydrogens (tertiary/aromatic N) is 3. The first-order chi connectivity index (χ1) is 8.63. The molecule has 2 aromatic heterocycles. The predicted octanol–water partition coefficient (Wildman–Crippen LogP) is 3.32. The van der Waals surface area contributed by atoms with Crippen molar-refractivity contribution in [3.05, 3.63) is 30.6 Å². The van der Waals surface area contributed by atoms with Gasteiger partial charge in [0.05, 0.1) is 16.4 Å². The summed E-state index contributed by atoms with van der Waals surface area (Å²) in [5.41, 5.74) is 8.94. The molecule has 0 aliphatic heterocycles. The van der Waals surface area contributed by atoms with Gasteiger partial charge in [0.1, 0.15) is 0 Å². The summed E-state index contributed by atoms with van der Waals surface area (Å²) < 4.78 is 3.07. The summed E-state index contributed by atoms with van der Waals surface area (Å²) in [6.45, 7) is 4.23. The fourth-order valence-electron chi connectivity index (χ4n) is 1.89. The largest absolute Gasteiger partial charge is 0.375 e. The molecule has 0 saturated heterocycles. The molecule has 18 heavy (non-hydrogen) atoms. The van der Waals surface area contributed by atoms with Gasteiger partial charge in [0.2, 0.25) is 0 Å². The number of rotatable bonds is 2. The van der Waals surface area contributed by atoms with Gasteiger partial charge in [-0.2, -0.15) is 5.10 Å². The van der Waals surface area contributed by atoms with E-state index in [4.69, 9.17) is 5.73 Å². The van der Waals surface area contributed by atoms with Crippen molar-refractivity contribution < 1.29 is 0 Å². The van der Waals surface area contributed by atoms with E-state index in [9.17, 15) is 0 Å². The van der Waals surface area contributed by atoms with Gasteiger partial charge in [0.25, 0.3) is 0 Å². The maximum atomic E-state index is 5.71. The maximum Gasteiger partial charge on any atom is 0.181 e. The highest BCUT2D eigenvalue weighted by atomic mass is 32.1. The first kappa shape index (κ1) is 11.2. The van der Waals surface area contributed by atoms with Gasteiger partial charge in [-0.1, -0.05) is 17.4 Å². The average Bonchev–Trinajstić information content (AvgIpc) is 2.91. The van der Waals surface area contributed by atoms with Crippen LogP contribution in [0.1, 0.15) is 19.9 Å². The summed E-state index contributed by atoms with van der Waals surface area (Å²) in [4.78, 5) is 4.26. The number of nitrogens with two attached hydrogens (primary N) is 1. The van der Waals surface area contributed by atoms with Crippen molar-refractivity contribution in [2.24, 2.45) is 0 Å². The van der Waals surface area contributed by atoms with Gasteiger partial charge in [0, 0.05) is 17.8 Å². The SMILES string of the molecule is CC(C)n1cc(-c2ccc3nc(N)sc3c2)cn1. The number of hydrogen-bond donors (Lipinski definition) is 1. The van der Waals surface area contributed by atoms with Crippen molar-refractivity contribution in [3.8, 4) is 11.1 Å². The number of anilines is 1. The summed E-state index contributed by atoms with van der Waals surface area (Å²) in [7, 11) is 0. The molecule has 0 saturated carbocycles. The third-order valence-electron chi connectivity index (χ3n) is 2.87. The minimum Gasteiger partial charge on any atom is -0.375 e. The van der Waals surface area contributed by atoms with Crippen LogP contribution in [0.2, 0.25) is 0 Å². The van der Waals surface area contributed by atoms with Gasteiger partial charge >= 0.3 is 0 Å². The van der Waals surface area contributed by atoms with Crippen LogP contribution in [0.5, 0.6) is 0 Å². The molecule has 0 atom stereocenters. The zero-order valence-corrected chi connectivity index (χ0v) is 11.1. The number of hydrogen-bond acceptors (Lipinski definition) is 4. The van der Waals surface area contributed by atoms with Gasteiger partial charge in [0.15, 0.2) is 5.13 Å². The van der Waals surface area contributed by atoms with Crippen LogP contribution in [0, 0.1) is 0 Å². The van der Waals surface area contributed by atoms with E-state index in [0.717, 1.165) is 21.3 Å². The Balaban J connectivity index is 2.06. The van der Waals surface area contributed by atoms with E-state index in [1.54, 1.807) is 0 Å². The highest BCUT2D eigenvalue weighted by Gasteiger charge is 2.07. The summed E-state index contributed by atoms with van der Waals surface area (Å²) in [5, 5.41) is 4.97. The maximum absolute atomic E-state index is 5.71. The van der Waals surface area contributed by atoms with Crippen molar-refractivity contribution in [1.82, 2.24) is 14.8 Å². The van der Waals surface area contributed by atoms with E-state index in [-0.39, 0.29) is 0 Å². The molecule has 0 radical (unpaired) electrons. The third kappa shape index (κ3) is 1.86. The molecule has 2 heterocycles. The molecular weight excluding hydrogens is 244 g/mol. The predicted molar refractivity (Wildman–Crippen MR) is 75.6 cm³/mol. The van der Waals surface area contributed by atoms with E-state index < -0.39 is 0 Å². The number of nitrogen functional groups attached to an aromatic ring is 1. The Bertz CT molecular complexity index is 696. The van der Waals surface area contributed by atoms with Crippen molar-refractivity contribution in [2.75, 3.05) is 5.73 Å². The van der Waals surface area contributed by atoms with Crippen molar-refractivity contribution in [3.63, 3.8) is 0 Å². The van der Waals surface area contributed by atoms with Crippen molar-refractivity contribution in [1.29, 1.82) is 0 Å². The van der Waals surface area contributed by atoms with Crippen LogP contribution in [0.4, 0.5) is 5.13 Å². The van der Waals surface area contributed by atoms with Crippen molar-refractivity contribution >= 4 is 26.7 Å². The number of benzene rings is 1. The minimum absolute atomic E-state index is 0.376. The Morgan fingerprint density at radius 3 is 2.83 bits per heavy atom. The summed E-state index contributed by atoms with van der Waals surface area (Å²) in [6, 6.07) is 6.56. The third-order valence-corrected chi connectivity index (χ3v) is 3.72. The molecule has 3 aromatic rings. The Morgan fingerprint density at radius 1 is 1.28 bits per heavy atom. The summed E-state index contributed by atoms with van der Waals surface area (Å²) >= 11 is 1.51. The molecule has 1 aromatic carbocycles. The van der Waals surface area contributed by atoms with Crippen molar-refractivity contribution in [2.45, 2.75) is 19.9 Å². The zero-order valence-electron chi connectivity index (χ0n) is 10.3. The normalized spacial score (nSPS) is 11.5. The molecule has 0 spiro atoms. The standard InChI is InChI=1S/C13H14N4S/c1-8(2)17-7-10(6-15-17)9-3-4-11-12(5-9)18-13(14)16-11/h3-8H,1-2H3,(H2,14,16). The van der Waals surface area contributed by atoms with Crippen LogP contribution in [-0.4, -0.2) is 14.8 Å². The first-order valence-electron chi connectivity index (χ1n) is 5.84. The molecule has 3 rings (SSSR count). The molecule has 0 bridgehead atoms. The first-order valence-corrected chi connectivity index (χ1v) is 6.66. The quantitative estimate of drug-likeness (QED) is 0.767. The van der Waals surface area contributed by atoms with E-state index in [2.05, 4.69) is 42.3 Å². The minimum atomic E-state index is 0.376. The molecule has 4 nitrogen and oxygen atoms in total. The lowest BCUT2D eigenvalue weighted by Crippen LogP contribution is -1.99. The lowest BCUT2D eigenvalue weighted by molar-refractivity contribution is 0.532. The second-order valence-corrected chi connectivity index (χ2v) is 5.60. The van der Waals surface area contributed by atoms with E-state index in [1.807, 2.05) is 16.9 Å². The molecular formula is C13H14N4S. The van der Waals surface area contributed by atoms with Crippen LogP contribution in [0.3, 0.4) is 0 Å². The fourth-order valence-corrected chi connectivity index (χ4v) is 2.66. The summed E-state index contributed by atoms with van der Waals surface area (Å²) in [5.74, 6) is 0. The topological polar surface area (TPSA) is 56.7 Å². The van der Waals surface area contributed by atoms with Crippen LogP contribution >= 0.6 is 11.3 Å². The van der Waals surface area contributed by atoms with Gasteiger partial charge in [-0.15, -0.1) is 0 Å². The molecule has 5 heteroatoms. The smallest absolute Gasteiger partial charge is 0.181 e. The number of fused-ring (bicyclic) bond motifs is 1. The van der Waals surface area contributed by atoms with Crippen LogP contribution in [-0.2, 0) is 0 Å². The number of aromatic nitrogens is 3. The van der Waals surface area contributed by atoms with E-state index in [1.165, 1.54) is 11.3 Å².